The van der Waals surface area contributed by atoms with Crippen LogP contribution in [0.25, 0.3) is 0 Å². The van der Waals surface area contributed by atoms with Crippen LogP contribution >= 0.6 is 12.2 Å². The Labute approximate surface area is 131 Å². The van der Waals surface area contributed by atoms with E-state index < -0.39 is 10.0 Å². The highest BCUT2D eigenvalue weighted by atomic mass is 32.2. The third-order valence-electron chi connectivity index (χ3n) is 4.15. The second-order valence-corrected chi connectivity index (χ2v) is 8.39. The SMILES string of the molecule is Cc1ccc(C(N)=S)cc1S(=O)(=O)N(CC1CC1)C1CC1. The molecule has 4 nitrogen and oxygen atoms in total. The van der Waals surface area contributed by atoms with Gasteiger partial charge in [-0.05, 0) is 50.2 Å². The third-order valence-corrected chi connectivity index (χ3v) is 6.44. The maximum absolute atomic E-state index is 13.0. The predicted octanol–water partition coefficient (Wildman–Crippen LogP) is 2.19. The van der Waals surface area contributed by atoms with E-state index in [0.717, 1.165) is 31.2 Å². The minimum atomic E-state index is -3.46. The van der Waals surface area contributed by atoms with Gasteiger partial charge in [-0.15, -0.1) is 0 Å². The Morgan fingerprint density at radius 2 is 2.00 bits per heavy atom. The van der Waals surface area contributed by atoms with Gasteiger partial charge in [0.1, 0.15) is 4.99 Å². The van der Waals surface area contributed by atoms with Crippen molar-refractivity contribution in [2.45, 2.75) is 43.5 Å². The molecule has 0 saturated heterocycles. The normalized spacial score (nSPS) is 19.0. The number of nitrogens with zero attached hydrogens (tertiary/aromatic N) is 1. The lowest BCUT2D eigenvalue weighted by atomic mass is 10.1. The van der Waals surface area contributed by atoms with Crippen LogP contribution in [-0.4, -0.2) is 30.3 Å². The number of nitrogens with two attached hydrogens (primary N) is 1. The molecule has 114 valence electrons. The Hall–Kier alpha value is -0.980. The molecule has 3 rings (SSSR count). The van der Waals surface area contributed by atoms with Crippen LogP contribution in [0.1, 0.15) is 36.8 Å². The molecule has 21 heavy (non-hydrogen) atoms. The van der Waals surface area contributed by atoms with Gasteiger partial charge in [-0.25, -0.2) is 8.42 Å². The number of benzene rings is 1. The summed E-state index contributed by atoms with van der Waals surface area (Å²) in [5.74, 6) is 0.541. The first-order valence-electron chi connectivity index (χ1n) is 7.32. The molecule has 1 aromatic carbocycles. The second kappa shape index (κ2) is 5.34. The van der Waals surface area contributed by atoms with E-state index in [9.17, 15) is 8.42 Å². The van der Waals surface area contributed by atoms with Crippen LogP contribution in [-0.2, 0) is 10.0 Å². The fraction of sp³-hybridized carbons (Fsp3) is 0.533. The summed E-state index contributed by atoms with van der Waals surface area (Å²) in [6.45, 7) is 2.47. The molecule has 0 aromatic heterocycles. The molecule has 0 spiro atoms. The lowest BCUT2D eigenvalue weighted by Gasteiger charge is -2.23. The zero-order chi connectivity index (χ0) is 15.2. The molecule has 0 aliphatic heterocycles. The highest BCUT2D eigenvalue weighted by Gasteiger charge is 2.41. The molecule has 2 N–H and O–H groups in total. The molecule has 0 atom stereocenters. The fourth-order valence-electron chi connectivity index (χ4n) is 2.52. The van der Waals surface area contributed by atoms with Crippen LogP contribution in [0.4, 0.5) is 0 Å². The summed E-state index contributed by atoms with van der Waals surface area (Å²) in [6, 6.07) is 5.36. The van der Waals surface area contributed by atoms with Crippen LogP contribution < -0.4 is 5.73 Å². The van der Waals surface area contributed by atoms with Gasteiger partial charge in [-0.3, -0.25) is 0 Å². The molecule has 2 aliphatic carbocycles. The molecule has 0 heterocycles. The monoisotopic (exact) mass is 324 g/mol. The molecule has 0 unspecified atom stereocenters. The first kappa shape index (κ1) is 14.9. The van der Waals surface area contributed by atoms with Gasteiger partial charge >= 0.3 is 0 Å². The van der Waals surface area contributed by atoms with E-state index in [-0.39, 0.29) is 11.0 Å². The summed E-state index contributed by atoms with van der Waals surface area (Å²) >= 11 is 4.97. The molecule has 0 amide bonds. The van der Waals surface area contributed by atoms with E-state index in [4.69, 9.17) is 18.0 Å². The molecule has 1 aromatic rings. The highest BCUT2D eigenvalue weighted by Crippen LogP contribution is 2.38. The van der Waals surface area contributed by atoms with Crippen molar-refractivity contribution in [1.29, 1.82) is 0 Å². The van der Waals surface area contributed by atoms with Gasteiger partial charge in [-0.1, -0.05) is 24.4 Å². The summed E-state index contributed by atoms with van der Waals surface area (Å²) in [4.78, 5) is 0.576. The topological polar surface area (TPSA) is 63.4 Å². The van der Waals surface area contributed by atoms with Crippen molar-refractivity contribution in [3.8, 4) is 0 Å². The average molecular weight is 324 g/mol. The fourth-order valence-corrected chi connectivity index (χ4v) is 4.66. The Kier molecular flexibility index (Phi) is 3.80. The van der Waals surface area contributed by atoms with Crippen LogP contribution in [0, 0.1) is 12.8 Å². The number of aryl methyl sites for hydroxylation is 1. The lowest BCUT2D eigenvalue weighted by molar-refractivity contribution is 0.388. The molecule has 0 bridgehead atoms. The third kappa shape index (κ3) is 3.12. The molecule has 0 radical (unpaired) electrons. The van der Waals surface area contributed by atoms with Gasteiger partial charge in [0.25, 0.3) is 0 Å². The molecular formula is C15H20N2O2S2. The van der Waals surface area contributed by atoms with E-state index in [0.29, 0.717) is 22.9 Å². The number of hydrogen-bond donors (Lipinski definition) is 1. The summed E-state index contributed by atoms with van der Waals surface area (Å²) in [5, 5.41) is 0. The van der Waals surface area contributed by atoms with Gasteiger partial charge in [0.15, 0.2) is 0 Å². The van der Waals surface area contributed by atoms with Crippen LogP contribution in [0.2, 0.25) is 0 Å². The van der Waals surface area contributed by atoms with Crippen molar-refractivity contribution in [3.63, 3.8) is 0 Å². The lowest BCUT2D eigenvalue weighted by Crippen LogP contribution is -2.35. The van der Waals surface area contributed by atoms with Crippen molar-refractivity contribution in [2.24, 2.45) is 11.7 Å². The number of hydrogen-bond acceptors (Lipinski definition) is 3. The van der Waals surface area contributed by atoms with Crippen molar-refractivity contribution in [3.05, 3.63) is 29.3 Å². The number of thiocarbonyl (C=S) groups is 1. The van der Waals surface area contributed by atoms with Gasteiger partial charge in [0, 0.05) is 18.2 Å². The Morgan fingerprint density at radius 1 is 1.33 bits per heavy atom. The highest BCUT2D eigenvalue weighted by molar-refractivity contribution is 7.89. The van der Waals surface area contributed by atoms with Gasteiger partial charge < -0.3 is 5.73 Å². The van der Waals surface area contributed by atoms with Crippen molar-refractivity contribution >= 4 is 27.2 Å². The zero-order valence-corrected chi connectivity index (χ0v) is 13.7. The van der Waals surface area contributed by atoms with Crippen molar-refractivity contribution < 1.29 is 8.42 Å². The zero-order valence-electron chi connectivity index (χ0n) is 12.1. The van der Waals surface area contributed by atoms with E-state index in [2.05, 4.69) is 0 Å². The first-order chi connectivity index (χ1) is 9.89. The number of rotatable bonds is 6. The standard InChI is InChI=1S/C15H20N2O2S2/c1-10-2-5-12(15(16)20)8-14(10)21(18,19)17(13-6-7-13)9-11-3-4-11/h2,5,8,11,13H,3-4,6-7,9H2,1H3,(H2,16,20). The smallest absolute Gasteiger partial charge is 0.243 e. The predicted molar refractivity (Wildman–Crippen MR) is 86.7 cm³/mol. The van der Waals surface area contributed by atoms with Crippen molar-refractivity contribution in [2.75, 3.05) is 6.54 Å². The van der Waals surface area contributed by atoms with E-state index >= 15 is 0 Å². The maximum atomic E-state index is 13.0. The minimum Gasteiger partial charge on any atom is -0.389 e. The molecule has 2 fully saturated rings. The van der Waals surface area contributed by atoms with Gasteiger partial charge in [0.05, 0.1) is 4.90 Å². The average Bonchev–Trinajstić information content (AvgIpc) is 3.28. The Balaban J connectivity index is 1.99. The molecular weight excluding hydrogens is 304 g/mol. The summed E-state index contributed by atoms with van der Waals surface area (Å²) < 4.78 is 27.7. The van der Waals surface area contributed by atoms with Crippen LogP contribution in [0.15, 0.2) is 23.1 Å². The van der Waals surface area contributed by atoms with Crippen LogP contribution in [0.3, 0.4) is 0 Å². The molecule has 2 aliphatic rings. The van der Waals surface area contributed by atoms with E-state index in [1.165, 1.54) is 0 Å². The second-order valence-electron chi connectivity index (χ2n) is 6.09. The minimum absolute atomic E-state index is 0.184. The molecule has 6 heteroatoms. The Morgan fingerprint density at radius 3 is 2.52 bits per heavy atom. The van der Waals surface area contributed by atoms with E-state index in [1.54, 1.807) is 22.5 Å². The van der Waals surface area contributed by atoms with Gasteiger partial charge in [0.2, 0.25) is 10.0 Å². The quantitative estimate of drug-likeness (QED) is 0.815. The largest absolute Gasteiger partial charge is 0.389 e. The van der Waals surface area contributed by atoms with Crippen molar-refractivity contribution in [1.82, 2.24) is 4.31 Å². The Bertz CT molecular complexity index is 677. The maximum Gasteiger partial charge on any atom is 0.243 e. The summed E-state index contributed by atoms with van der Waals surface area (Å²) in [5.41, 5.74) is 6.99. The van der Waals surface area contributed by atoms with Gasteiger partial charge in [-0.2, -0.15) is 4.31 Å². The molecule has 2 saturated carbocycles. The number of sulfonamides is 1. The first-order valence-corrected chi connectivity index (χ1v) is 9.16. The summed E-state index contributed by atoms with van der Waals surface area (Å²) in [6.07, 6.45) is 4.23. The van der Waals surface area contributed by atoms with Crippen LogP contribution in [0.5, 0.6) is 0 Å². The summed E-state index contributed by atoms with van der Waals surface area (Å²) in [7, 11) is -3.46. The van der Waals surface area contributed by atoms with E-state index in [1.807, 2.05) is 6.92 Å².